The molecule has 2 bridgehead atoms. The maximum Gasteiger partial charge on any atom is 0.134 e. The highest BCUT2D eigenvalue weighted by Crippen LogP contribution is 2.43. The molecule has 3 heteroatoms. The third-order valence-corrected chi connectivity index (χ3v) is 3.90. The van der Waals surface area contributed by atoms with Crippen molar-refractivity contribution < 1.29 is 4.74 Å². The molecule has 3 nitrogen and oxygen atoms in total. The Bertz CT molecular complexity index is 396. The summed E-state index contributed by atoms with van der Waals surface area (Å²) >= 11 is 0. The Kier molecular flexibility index (Phi) is 2.56. The predicted octanol–water partition coefficient (Wildman–Crippen LogP) is 2.15. The zero-order valence-corrected chi connectivity index (χ0v) is 9.67. The smallest absolute Gasteiger partial charge is 0.134 e. The zero-order chi connectivity index (χ0) is 11.0. The van der Waals surface area contributed by atoms with E-state index >= 15 is 0 Å². The number of aryl methyl sites for hydroxylation is 1. The summed E-state index contributed by atoms with van der Waals surface area (Å²) in [4.78, 5) is 4.25. The summed E-state index contributed by atoms with van der Waals surface area (Å²) in [5, 5.41) is 0. The van der Waals surface area contributed by atoms with Gasteiger partial charge < -0.3 is 9.30 Å². The van der Waals surface area contributed by atoms with Crippen molar-refractivity contribution in [2.24, 2.45) is 24.8 Å². The predicted molar refractivity (Wildman–Crippen MR) is 61.7 cm³/mol. The van der Waals surface area contributed by atoms with E-state index in [9.17, 15) is 0 Å². The molecule has 1 fully saturated rings. The Hall–Kier alpha value is -1.09. The number of rotatable bonds is 4. The van der Waals surface area contributed by atoms with Crippen LogP contribution in [0.15, 0.2) is 24.5 Å². The van der Waals surface area contributed by atoms with Gasteiger partial charge in [-0.1, -0.05) is 12.2 Å². The summed E-state index contributed by atoms with van der Waals surface area (Å²) in [5.74, 6) is 3.38. The average molecular weight is 218 g/mol. The van der Waals surface area contributed by atoms with Crippen LogP contribution in [0.3, 0.4) is 0 Å². The first kappa shape index (κ1) is 10.1. The molecule has 0 amide bonds. The van der Waals surface area contributed by atoms with Crippen LogP contribution in [0.1, 0.15) is 18.7 Å². The number of fused-ring (bicyclic) bond motifs is 2. The molecule has 2 aliphatic rings. The Morgan fingerprint density at radius 3 is 3.00 bits per heavy atom. The van der Waals surface area contributed by atoms with Crippen molar-refractivity contribution in [1.29, 1.82) is 0 Å². The summed E-state index contributed by atoms with van der Waals surface area (Å²) in [6.07, 6.45) is 11.2. The second kappa shape index (κ2) is 4.06. The lowest BCUT2D eigenvalue weighted by molar-refractivity contribution is 0.0734. The van der Waals surface area contributed by atoms with Crippen LogP contribution < -0.4 is 0 Å². The highest BCUT2D eigenvalue weighted by Gasteiger charge is 2.35. The summed E-state index contributed by atoms with van der Waals surface area (Å²) in [6, 6.07) is 0. The summed E-state index contributed by atoms with van der Waals surface area (Å²) in [7, 11) is 2.01. The lowest BCUT2D eigenvalue weighted by Crippen LogP contribution is -2.15. The molecule has 86 valence electrons. The summed E-state index contributed by atoms with van der Waals surface area (Å²) < 4.78 is 7.79. The standard InChI is InChI=1S/C13H18N2O/c1-15-5-4-14-13(15)9-16-8-12-7-10-2-3-11(12)6-10/h2-5,10-12H,6-9H2,1H3. The number of aromatic nitrogens is 2. The van der Waals surface area contributed by atoms with Crippen molar-refractivity contribution in [2.75, 3.05) is 6.61 Å². The molecular formula is C13H18N2O. The van der Waals surface area contributed by atoms with E-state index in [0.29, 0.717) is 6.61 Å². The van der Waals surface area contributed by atoms with E-state index in [4.69, 9.17) is 4.74 Å². The normalized spacial score (nSPS) is 31.4. The zero-order valence-electron chi connectivity index (χ0n) is 9.67. The van der Waals surface area contributed by atoms with Gasteiger partial charge in [-0.05, 0) is 30.6 Å². The Balaban J connectivity index is 1.48. The summed E-state index contributed by atoms with van der Waals surface area (Å²) in [6.45, 7) is 1.53. The van der Waals surface area contributed by atoms with Crippen molar-refractivity contribution in [3.05, 3.63) is 30.4 Å². The molecule has 1 saturated carbocycles. The van der Waals surface area contributed by atoms with E-state index in [1.807, 2.05) is 24.0 Å². The molecular weight excluding hydrogens is 200 g/mol. The second-order valence-corrected chi connectivity index (χ2v) is 5.01. The van der Waals surface area contributed by atoms with E-state index in [0.717, 1.165) is 30.2 Å². The van der Waals surface area contributed by atoms with Crippen LogP contribution in [0.5, 0.6) is 0 Å². The molecule has 0 aliphatic heterocycles. The third kappa shape index (κ3) is 1.80. The third-order valence-electron chi connectivity index (χ3n) is 3.90. The number of imidazole rings is 1. The van der Waals surface area contributed by atoms with E-state index < -0.39 is 0 Å². The minimum Gasteiger partial charge on any atom is -0.373 e. The molecule has 0 spiro atoms. The van der Waals surface area contributed by atoms with Gasteiger partial charge in [-0.25, -0.2) is 4.98 Å². The molecule has 0 aromatic carbocycles. The highest BCUT2D eigenvalue weighted by atomic mass is 16.5. The fraction of sp³-hybridized carbons (Fsp3) is 0.615. The van der Waals surface area contributed by atoms with Gasteiger partial charge >= 0.3 is 0 Å². The fourth-order valence-electron chi connectivity index (χ4n) is 2.92. The molecule has 3 rings (SSSR count). The maximum atomic E-state index is 5.78. The van der Waals surface area contributed by atoms with Gasteiger partial charge in [-0.2, -0.15) is 0 Å². The van der Waals surface area contributed by atoms with Gasteiger partial charge in [0.2, 0.25) is 0 Å². The van der Waals surface area contributed by atoms with Gasteiger partial charge in [0.1, 0.15) is 12.4 Å². The molecule has 3 atom stereocenters. The SMILES string of the molecule is Cn1ccnc1COCC1CC2C=CC1C2. The van der Waals surface area contributed by atoms with E-state index in [-0.39, 0.29) is 0 Å². The van der Waals surface area contributed by atoms with Crippen LogP contribution in [0.4, 0.5) is 0 Å². The second-order valence-electron chi connectivity index (χ2n) is 5.01. The van der Waals surface area contributed by atoms with E-state index in [1.54, 1.807) is 0 Å². The van der Waals surface area contributed by atoms with Crippen molar-refractivity contribution >= 4 is 0 Å². The largest absolute Gasteiger partial charge is 0.373 e. The first-order valence-electron chi connectivity index (χ1n) is 6.05. The number of hydrogen-bond acceptors (Lipinski definition) is 2. The minimum atomic E-state index is 0.640. The molecule has 0 N–H and O–H groups in total. The molecule has 0 saturated heterocycles. The van der Waals surface area contributed by atoms with E-state index in [1.165, 1.54) is 12.8 Å². The Morgan fingerprint density at radius 2 is 2.38 bits per heavy atom. The van der Waals surface area contributed by atoms with Crippen LogP contribution >= 0.6 is 0 Å². The molecule has 1 heterocycles. The monoisotopic (exact) mass is 218 g/mol. The quantitative estimate of drug-likeness (QED) is 0.724. The van der Waals surface area contributed by atoms with Crippen molar-refractivity contribution in [1.82, 2.24) is 9.55 Å². The number of allylic oxidation sites excluding steroid dienone is 2. The average Bonchev–Trinajstić information content (AvgIpc) is 2.96. The molecule has 1 aromatic rings. The molecule has 2 aliphatic carbocycles. The van der Waals surface area contributed by atoms with Gasteiger partial charge in [-0.3, -0.25) is 0 Å². The van der Waals surface area contributed by atoms with Crippen LogP contribution in [0, 0.1) is 17.8 Å². The van der Waals surface area contributed by atoms with Crippen molar-refractivity contribution in [3.63, 3.8) is 0 Å². The topological polar surface area (TPSA) is 27.1 Å². The first-order valence-corrected chi connectivity index (χ1v) is 6.05. The van der Waals surface area contributed by atoms with Crippen LogP contribution in [0.2, 0.25) is 0 Å². The Labute approximate surface area is 96.1 Å². The first-order chi connectivity index (χ1) is 7.83. The van der Waals surface area contributed by atoms with Gasteiger partial charge in [0.15, 0.2) is 0 Å². The number of ether oxygens (including phenoxy) is 1. The molecule has 3 unspecified atom stereocenters. The Morgan fingerprint density at radius 1 is 1.44 bits per heavy atom. The summed E-state index contributed by atoms with van der Waals surface area (Å²) in [5.41, 5.74) is 0. The van der Waals surface area contributed by atoms with E-state index in [2.05, 4.69) is 17.1 Å². The fourth-order valence-corrected chi connectivity index (χ4v) is 2.92. The highest BCUT2D eigenvalue weighted by molar-refractivity contribution is 5.10. The van der Waals surface area contributed by atoms with Crippen molar-refractivity contribution in [3.8, 4) is 0 Å². The maximum absolute atomic E-state index is 5.78. The van der Waals surface area contributed by atoms with Crippen LogP contribution in [-0.2, 0) is 18.4 Å². The molecule has 16 heavy (non-hydrogen) atoms. The van der Waals surface area contributed by atoms with Gasteiger partial charge in [0.25, 0.3) is 0 Å². The molecule has 1 aromatic heterocycles. The van der Waals surface area contributed by atoms with Crippen LogP contribution in [-0.4, -0.2) is 16.2 Å². The van der Waals surface area contributed by atoms with Gasteiger partial charge in [0.05, 0.1) is 6.61 Å². The van der Waals surface area contributed by atoms with Gasteiger partial charge in [-0.15, -0.1) is 0 Å². The van der Waals surface area contributed by atoms with Crippen LogP contribution in [0.25, 0.3) is 0 Å². The number of nitrogens with zero attached hydrogens (tertiary/aromatic N) is 2. The lowest BCUT2D eigenvalue weighted by Gasteiger charge is -2.17. The van der Waals surface area contributed by atoms with Gasteiger partial charge in [0, 0.05) is 19.4 Å². The minimum absolute atomic E-state index is 0.640. The lowest BCUT2D eigenvalue weighted by atomic mass is 9.95. The van der Waals surface area contributed by atoms with Crippen molar-refractivity contribution in [2.45, 2.75) is 19.4 Å². The molecule has 0 radical (unpaired) electrons. The number of hydrogen-bond donors (Lipinski definition) is 0.